The number of hydrogen-bond acceptors (Lipinski definition) is 4. The second-order valence-corrected chi connectivity index (χ2v) is 10.2. The molecular weight excluding hydrogens is 449 g/mol. The first kappa shape index (κ1) is 23.1. The smallest absolute Gasteiger partial charge is 0.244 e. The molecule has 1 aromatic carbocycles. The summed E-state index contributed by atoms with van der Waals surface area (Å²) in [6.07, 6.45) is 3.80. The predicted molar refractivity (Wildman–Crippen MR) is 116 cm³/mol. The highest BCUT2D eigenvalue weighted by molar-refractivity contribution is 7.89. The van der Waals surface area contributed by atoms with Gasteiger partial charge in [-0.3, -0.25) is 9.59 Å². The Bertz CT molecular complexity index is 930. The lowest BCUT2D eigenvalue weighted by atomic mass is 9.96. The molecule has 3 rings (SSSR count). The Morgan fingerprint density at radius 2 is 1.87 bits per heavy atom. The number of halogens is 2. The third-order valence-electron chi connectivity index (χ3n) is 5.57. The zero-order valence-electron chi connectivity index (χ0n) is 16.5. The Labute approximate surface area is 187 Å². The van der Waals surface area contributed by atoms with Gasteiger partial charge in [0.1, 0.15) is 10.9 Å². The summed E-state index contributed by atoms with van der Waals surface area (Å²) in [7, 11) is -3.80. The van der Waals surface area contributed by atoms with E-state index in [0.29, 0.717) is 32.4 Å². The number of likely N-dealkylation sites (tertiary alicyclic amines) is 1. The lowest BCUT2D eigenvalue weighted by Crippen LogP contribution is -2.50. The molecule has 2 saturated heterocycles. The van der Waals surface area contributed by atoms with Gasteiger partial charge >= 0.3 is 0 Å². The van der Waals surface area contributed by atoms with Crippen LogP contribution in [0.2, 0.25) is 10.0 Å². The number of nitrogens with one attached hydrogen (secondary N) is 1. The van der Waals surface area contributed by atoms with Crippen LogP contribution in [-0.2, 0) is 19.6 Å². The summed E-state index contributed by atoms with van der Waals surface area (Å²) in [5.41, 5.74) is 0. The average molecular weight is 474 g/mol. The molecule has 2 amide bonds. The number of amides is 2. The summed E-state index contributed by atoms with van der Waals surface area (Å²) in [5, 5.41) is 3.16. The molecular formula is C20H25Cl2N3O4S. The Morgan fingerprint density at radius 3 is 2.53 bits per heavy atom. The van der Waals surface area contributed by atoms with Crippen molar-refractivity contribution in [1.29, 1.82) is 0 Å². The molecule has 0 aromatic heterocycles. The van der Waals surface area contributed by atoms with Gasteiger partial charge in [0, 0.05) is 37.1 Å². The van der Waals surface area contributed by atoms with E-state index in [1.807, 2.05) is 0 Å². The van der Waals surface area contributed by atoms with Crippen LogP contribution in [0.1, 0.15) is 25.7 Å². The maximum atomic E-state index is 13.0. The number of rotatable bonds is 6. The molecule has 0 saturated carbocycles. The molecule has 2 heterocycles. The SMILES string of the molecule is C=CCNC(=O)C1CCCN1C(=O)C1CCN(S(=O)(=O)c2cc(Cl)ccc2Cl)CC1. The summed E-state index contributed by atoms with van der Waals surface area (Å²) >= 11 is 12.0. The van der Waals surface area contributed by atoms with E-state index < -0.39 is 16.1 Å². The van der Waals surface area contributed by atoms with E-state index in [2.05, 4.69) is 11.9 Å². The molecule has 1 atom stereocenters. The van der Waals surface area contributed by atoms with E-state index in [1.54, 1.807) is 11.0 Å². The van der Waals surface area contributed by atoms with Crippen LogP contribution in [-0.4, -0.2) is 61.7 Å². The van der Waals surface area contributed by atoms with E-state index >= 15 is 0 Å². The average Bonchev–Trinajstić information content (AvgIpc) is 3.23. The van der Waals surface area contributed by atoms with Crippen LogP contribution in [0.5, 0.6) is 0 Å². The first-order chi connectivity index (χ1) is 14.3. The van der Waals surface area contributed by atoms with Gasteiger partial charge in [-0.2, -0.15) is 4.31 Å². The number of hydrogen-bond donors (Lipinski definition) is 1. The van der Waals surface area contributed by atoms with Crippen LogP contribution in [0.25, 0.3) is 0 Å². The molecule has 7 nitrogen and oxygen atoms in total. The minimum absolute atomic E-state index is 0.0278. The van der Waals surface area contributed by atoms with Gasteiger partial charge in [0.15, 0.2) is 0 Å². The normalized spacial score (nSPS) is 20.9. The maximum Gasteiger partial charge on any atom is 0.244 e. The molecule has 2 fully saturated rings. The van der Waals surface area contributed by atoms with Crippen LogP contribution in [0, 0.1) is 5.92 Å². The van der Waals surface area contributed by atoms with Crippen LogP contribution in [0.3, 0.4) is 0 Å². The van der Waals surface area contributed by atoms with Crippen molar-refractivity contribution in [1.82, 2.24) is 14.5 Å². The van der Waals surface area contributed by atoms with E-state index in [4.69, 9.17) is 23.2 Å². The molecule has 0 bridgehead atoms. The van der Waals surface area contributed by atoms with Crippen LogP contribution in [0.15, 0.2) is 35.7 Å². The number of nitrogens with zero attached hydrogens (tertiary/aromatic N) is 2. The molecule has 0 spiro atoms. The van der Waals surface area contributed by atoms with Crippen LogP contribution < -0.4 is 5.32 Å². The fourth-order valence-electron chi connectivity index (χ4n) is 3.99. The summed E-state index contributed by atoms with van der Waals surface area (Å²) in [6.45, 7) is 4.91. The molecule has 0 aliphatic carbocycles. The van der Waals surface area contributed by atoms with Gasteiger partial charge in [0.2, 0.25) is 21.8 Å². The van der Waals surface area contributed by atoms with E-state index in [0.717, 1.165) is 6.42 Å². The van der Waals surface area contributed by atoms with Crippen molar-refractivity contribution in [2.45, 2.75) is 36.6 Å². The number of benzene rings is 1. The third-order valence-corrected chi connectivity index (χ3v) is 8.19. The second-order valence-electron chi connectivity index (χ2n) is 7.48. The minimum atomic E-state index is -3.80. The Morgan fingerprint density at radius 1 is 1.17 bits per heavy atom. The molecule has 2 aliphatic heterocycles. The van der Waals surface area contributed by atoms with E-state index in [9.17, 15) is 18.0 Å². The minimum Gasteiger partial charge on any atom is -0.351 e. The van der Waals surface area contributed by atoms with Crippen LogP contribution in [0.4, 0.5) is 0 Å². The van der Waals surface area contributed by atoms with Gasteiger partial charge in [-0.25, -0.2) is 8.42 Å². The van der Waals surface area contributed by atoms with E-state index in [-0.39, 0.29) is 45.8 Å². The monoisotopic (exact) mass is 473 g/mol. The lowest BCUT2D eigenvalue weighted by Gasteiger charge is -2.34. The molecule has 0 radical (unpaired) electrons. The fraction of sp³-hybridized carbons (Fsp3) is 0.500. The largest absolute Gasteiger partial charge is 0.351 e. The first-order valence-corrected chi connectivity index (χ1v) is 12.1. The summed E-state index contributed by atoms with van der Waals surface area (Å²) < 4.78 is 27.3. The van der Waals surface area contributed by atoms with Gasteiger partial charge in [0.25, 0.3) is 0 Å². The zero-order valence-corrected chi connectivity index (χ0v) is 18.8. The van der Waals surface area contributed by atoms with Gasteiger partial charge < -0.3 is 10.2 Å². The highest BCUT2D eigenvalue weighted by Gasteiger charge is 2.39. The van der Waals surface area contributed by atoms with Gasteiger partial charge in [-0.15, -0.1) is 6.58 Å². The van der Waals surface area contributed by atoms with E-state index in [1.165, 1.54) is 22.5 Å². The van der Waals surface area contributed by atoms with Crippen molar-refractivity contribution in [2.75, 3.05) is 26.2 Å². The second kappa shape index (κ2) is 9.68. The molecule has 30 heavy (non-hydrogen) atoms. The topological polar surface area (TPSA) is 86.8 Å². The number of piperidine rings is 1. The summed E-state index contributed by atoms with van der Waals surface area (Å²) in [4.78, 5) is 27.0. The standard InChI is InChI=1S/C20H25Cl2N3O4S/c1-2-9-23-19(26)17-4-3-10-25(17)20(27)14-7-11-24(12-8-14)30(28,29)18-13-15(21)5-6-16(18)22/h2,5-6,13-14,17H,1,3-4,7-12H2,(H,23,26). The number of carbonyl (C=O) groups excluding carboxylic acids is 2. The molecule has 1 unspecified atom stereocenters. The van der Waals surface area contributed by atoms with Crippen molar-refractivity contribution in [2.24, 2.45) is 5.92 Å². The molecule has 1 aromatic rings. The summed E-state index contributed by atoms with van der Waals surface area (Å²) in [5.74, 6) is -0.556. The first-order valence-electron chi connectivity index (χ1n) is 9.90. The zero-order chi connectivity index (χ0) is 21.9. The maximum absolute atomic E-state index is 13.0. The Balaban J connectivity index is 1.65. The summed E-state index contributed by atoms with van der Waals surface area (Å²) in [6, 6.07) is 3.86. The molecule has 1 N–H and O–H groups in total. The Kier molecular flexibility index (Phi) is 7.44. The number of sulfonamides is 1. The highest BCUT2D eigenvalue weighted by Crippen LogP contribution is 2.31. The fourth-order valence-corrected chi connectivity index (χ4v) is 6.19. The predicted octanol–water partition coefficient (Wildman–Crippen LogP) is 2.69. The lowest BCUT2D eigenvalue weighted by molar-refractivity contribution is -0.142. The van der Waals surface area contributed by atoms with Crippen molar-refractivity contribution in [3.63, 3.8) is 0 Å². The van der Waals surface area contributed by atoms with Crippen LogP contribution >= 0.6 is 23.2 Å². The third kappa shape index (κ3) is 4.82. The molecule has 164 valence electrons. The highest BCUT2D eigenvalue weighted by atomic mass is 35.5. The van der Waals surface area contributed by atoms with Crippen molar-refractivity contribution < 1.29 is 18.0 Å². The van der Waals surface area contributed by atoms with Crippen molar-refractivity contribution in [3.05, 3.63) is 40.9 Å². The van der Waals surface area contributed by atoms with Gasteiger partial charge in [-0.1, -0.05) is 29.3 Å². The molecule has 2 aliphatic rings. The van der Waals surface area contributed by atoms with Gasteiger partial charge in [0.05, 0.1) is 5.02 Å². The Hall–Kier alpha value is -1.61. The number of carbonyl (C=O) groups is 2. The molecule has 10 heteroatoms. The quantitative estimate of drug-likeness (QED) is 0.643. The van der Waals surface area contributed by atoms with Crippen molar-refractivity contribution in [3.8, 4) is 0 Å². The van der Waals surface area contributed by atoms with Crippen molar-refractivity contribution >= 4 is 45.0 Å². The van der Waals surface area contributed by atoms with Gasteiger partial charge in [-0.05, 0) is 43.9 Å².